The summed E-state index contributed by atoms with van der Waals surface area (Å²) in [6.45, 7) is 2.83. The quantitative estimate of drug-likeness (QED) is 0.368. The average Bonchev–Trinajstić information content (AvgIpc) is 3.25. The maximum Gasteiger partial charge on any atom is 0.339 e. The number of ether oxygens (including phenoxy) is 1. The van der Waals surface area contributed by atoms with Gasteiger partial charge >= 0.3 is 5.97 Å². The van der Waals surface area contributed by atoms with Crippen LogP contribution in [0.25, 0.3) is 22.3 Å². The van der Waals surface area contributed by atoms with Gasteiger partial charge in [-0.3, -0.25) is 9.78 Å². The van der Waals surface area contributed by atoms with Gasteiger partial charge < -0.3 is 10.1 Å². The Morgan fingerprint density at radius 1 is 1.10 bits per heavy atom. The van der Waals surface area contributed by atoms with E-state index in [9.17, 15) is 9.59 Å². The summed E-state index contributed by atoms with van der Waals surface area (Å²) in [6, 6.07) is 14.6. The predicted molar refractivity (Wildman–Crippen MR) is 115 cm³/mol. The summed E-state index contributed by atoms with van der Waals surface area (Å²) in [5, 5.41) is 7.68. The molecule has 3 heterocycles. The number of esters is 1. The van der Waals surface area contributed by atoms with E-state index in [0.717, 1.165) is 5.56 Å². The first-order chi connectivity index (χ1) is 15.2. The highest BCUT2D eigenvalue weighted by atomic mass is 16.5. The zero-order valence-corrected chi connectivity index (χ0v) is 17.0. The van der Waals surface area contributed by atoms with Gasteiger partial charge in [-0.25, -0.2) is 14.5 Å². The molecule has 0 saturated heterocycles. The monoisotopic (exact) mass is 415 g/mol. The zero-order valence-electron chi connectivity index (χ0n) is 17.0. The Morgan fingerprint density at radius 3 is 2.61 bits per heavy atom. The Labute approximate surface area is 178 Å². The summed E-state index contributed by atoms with van der Waals surface area (Å²) in [6.07, 6.45) is 4.72. The van der Waals surface area contributed by atoms with Crippen LogP contribution in [-0.4, -0.2) is 44.8 Å². The van der Waals surface area contributed by atoms with Gasteiger partial charge in [-0.05, 0) is 25.1 Å². The molecule has 8 nitrogen and oxygen atoms in total. The number of nitrogens with one attached hydrogen (secondary N) is 1. The van der Waals surface area contributed by atoms with Crippen molar-refractivity contribution in [1.82, 2.24) is 25.1 Å². The molecule has 1 aromatic carbocycles. The van der Waals surface area contributed by atoms with Gasteiger partial charge in [0, 0.05) is 30.1 Å². The number of benzene rings is 1. The first kappa shape index (κ1) is 20.2. The van der Waals surface area contributed by atoms with Gasteiger partial charge in [-0.15, -0.1) is 0 Å². The summed E-state index contributed by atoms with van der Waals surface area (Å²) in [5.74, 6) is -0.737. The van der Waals surface area contributed by atoms with Crippen LogP contribution in [0.4, 0.5) is 0 Å². The van der Waals surface area contributed by atoms with Gasteiger partial charge in [-0.2, -0.15) is 5.10 Å². The Morgan fingerprint density at radius 2 is 1.87 bits per heavy atom. The lowest BCUT2D eigenvalue weighted by Gasteiger charge is -2.09. The summed E-state index contributed by atoms with van der Waals surface area (Å²) in [5.41, 5.74) is 3.08. The SMILES string of the molecule is CCn1ncc2c(C(=O)OCCNC(=O)c3ccncc3)cc(-c3ccccc3)nc21. The van der Waals surface area contributed by atoms with Crippen molar-refractivity contribution in [3.05, 3.63) is 78.2 Å². The maximum atomic E-state index is 12.8. The zero-order chi connectivity index (χ0) is 21.6. The highest BCUT2D eigenvalue weighted by molar-refractivity contribution is 6.03. The van der Waals surface area contributed by atoms with E-state index < -0.39 is 5.97 Å². The van der Waals surface area contributed by atoms with Crippen molar-refractivity contribution in [3.8, 4) is 11.3 Å². The van der Waals surface area contributed by atoms with Crippen molar-refractivity contribution in [3.63, 3.8) is 0 Å². The Kier molecular flexibility index (Phi) is 5.98. The van der Waals surface area contributed by atoms with E-state index in [1.807, 2.05) is 37.3 Å². The Bertz CT molecular complexity index is 1210. The molecule has 1 amide bonds. The summed E-state index contributed by atoms with van der Waals surface area (Å²) < 4.78 is 7.17. The minimum atomic E-state index is -0.488. The second-order valence-electron chi connectivity index (χ2n) is 6.75. The van der Waals surface area contributed by atoms with Crippen LogP contribution in [-0.2, 0) is 11.3 Å². The standard InChI is InChI=1S/C23H21N5O3/c1-2-28-21-19(15-26-28)18(14-20(27-21)16-6-4-3-5-7-16)23(30)31-13-12-25-22(29)17-8-10-24-11-9-17/h3-11,14-15H,2,12-13H2,1H3,(H,25,29). The molecule has 31 heavy (non-hydrogen) atoms. The molecule has 1 N–H and O–H groups in total. The number of hydrogen-bond donors (Lipinski definition) is 1. The van der Waals surface area contributed by atoms with Crippen molar-refractivity contribution >= 4 is 22.9 Å². The summed E-state index contributed by atoms with van der Waals surface area (Å²) >= 11 is 0. The smallest absolute Gasteiger partial charge is 0.339 e. The second kappa shape index (κ2) is 9.17. The number of aromatic nitrogens is 4. The van der Waals surface area contributed by atoms with Crippen LogP contribution < -0.4 is 5.32 Å². The molecule has 0 radical (unpaired) electrons. The number of amides is 1. The normalized spacial score (nSPS) is 10.7. The number of rotatable bonds is 7. The van der Waals surface area contributed by atoms with Crippen LogP contribution in [0, 0.1) is 0 Å². The van der Waals surface area contributed by atoms with Crippen LogP contribution in [0.3, 0.4) is 0 Å². The molecule has 0 aliphatic heterocycles. The number of hydrogen-bond acceptors (Lipinski definition) is 6. The molecule has 0 aliphatic carbocycles. The highest BCUT2D eigenvalue weighted by Crippen LogP contribution is 2.25. The molecule has 0 fully saturated rings. The van der Waals surface area contributed by atoms with E-state index in [4.69, 9.17) is 9.72 Å². The van der Waals surface area contributed by atoms with Gasteiger partial charge in [0.25, 0.3) is 5.91 Å². The third kappa shape index (κ3) is 4.42. The third-order valence-electron chi connectivity index (χ3n) is 4.76. The minimum Gasteiger partial charge on any atom is -0.460 e. The number of pyridine rings is 2. The van der Waals surface area contributed by atoms with E-state index in [1.165, 1.54) is 0 Å². The Hall–Kier alpha value is -4.07. The fourth-order valence-electron chi connectivity index (χ4n) is 3.20. The first-order valence-corrected chi connectivity index (χ1v) is 9.94. The van der Waals surface area contributed by atoms with Gasteiger partial charge in [-0.1, -0.05) is 30.3 Å². The van der Waals surface area contributed by atoms with E-state index >= 15 is 0 Å². The van der Waals surface area contributed by atoms with Gasteiger partial charge in [0.2, 0.25) is 0 Å². The lowest BCUT2D eigenvalue weighted by atomic mass is 10.1. The molecule has 0 spiro atoms. The molecular formula is C23H21N5O3. The molecule has 8 heteroatoms. The number of aryl methyl sites for hydroxylation is 1. The van der Waals surface area contributed by atoms with Crippen molar-refractivity contribution in [2.45, 2.75) is 13.5 Å². The molecule has 156 valence electrons. The number of carbonyl (C=O) groups is 2. The highest BCUT2D eigenvalue weighted by Gasteiger charge is 2.18. The van der Waals surface area contributed by atoms with Crippen LogP contribution in [0.1, 0.15) is 27.6 Å². The maximum absolute atomic E-state index is 12.8. The summed E-state index contributed by atoms with van der Waals surface area (Å²) in [4.78, 5) is 33.5. The molecule has 0 bridgehead atoms. The van der Waals surface area contributed by atoms with E-state index in [1.54, 1.807) is 41.5 Å². The van der Waals surface area contributed by atoms with Crippen LogP contribution in [0.5, 0.6) is 0 Å². The van der Waals surface area contributed by atoms with Gasteiger partial charge in [0.15, 0.2) is 5.65 Å². The predicted octanol–water partition coefficient (Wildman–Crippen LogP) is 3.10. The largest absolute Gasteiger partial charge is 0.460 e. The van der Waals surface area contributed by atoms with E-state index in [0.29, 0.717) is 34.4 Å². The van der Waals surface area contributed by atoms with E-state index in [-0.39, 0.29) is 19.1 Å². The molecular weight excluding hydrogens is 394 g/mol. The topological polar surface area (TPSA) is 99.0 Å². The lowest BCUT2D eigenvalue weighted by Crippen LogP contribution is -2.28. The van der Waals surface area contributed by atoms with Crippen LogP contribution in [0.2, 0.25) is 0 Å². The van der Waals surface area contributed by atoms with Crippen molar-refractivity contribution in [2.24, 2.45) is 0 Å². The number of nitrogens with zero attached hydrogens (tertiary/aromatic N) is 4. The molecule has 0 saturated carbocycles. The fourth-order valence-corrected chi connectivity index (χ4v) is 3.20. The fraction of sp³-hybridized carbons (Fsp3) is 0.174. The Balaban J connectivity index is 1.50. The minimum absolute atomic E-state index is 0.0437. The first-order valence-electron chi connectivity index (χ1n) is 9.94. The second-order valence-corrected chi connectivity index (χ2v) is 6.75. The molecule has 3 aromatic heterocycles. The van der Waals surface area contributed by atoms with Crippen molar-refractivity contribution < 1.29 is 14.3 Å². The molecule has 0 unspecified atom stereocenters. The van der Waals surface area contributed by atoms with Gasteiger partial charge in [0.05, 0.1) is 29.4 Å². The van der Waals surface area contributed by atoms with Crippen molar-refractivity contribution in [2.75, 3.05) is 13.2 Å². The van der Waals surface area contributed by atoms with E-state index in [2.05, 4.69) is 15.4 Å². The number of fused-ring (bicyclic) bond motifs is 1. The molecule has 4 rings (SSSR count). The molecule has 4 aromatic rings. The van der Waals surface area contributed by atoms with Crippen LogP contribution in [0.15, 0.2) is 67.1 Å². The molecule has 0 aliphatic rings. The van der Waals surface area contributed by atoms with Crippen LogP contribution >= 0.6 is 0 Å². The van der Waals surface area contributed by atoms with Crippen molar-refractivity contribution in [1.29, 1.82) is 0 Å². The lowest BCUT2D eigenvalue weighted by molar-refractivity contribution is 0.0505. The summed E-state index contributed by atoms with van der Waals surface area (Å²) in [7, 11) is 0. The van der Waals surface area contributed by atoms with Gasteiger partial charge in [0.1, 0.15) is 6.61 Å². The third-order valence-corrected chi connectivity index (χ3v) is 4.76. The number of carbonyl (C=O) groups excluding carboxylic acids is 2. The molecule has 0 atom stereocenters. The average molecular weight is 415 g/mol.